The first-order valence-corrected chi connectivity index (χ1v) is 8.95. The molecule has 0 aliphatic carbocycles. The molecule has 0 aliphatic heterocycles. The number of carbonyl (C=O) groups excluding carboxylic acids is 1. The van der Waals surface area contributed by atoms with Crippen LogP contribution in [0.25, 0.3) is 0 Å². The Morgan fingerprint density at radius 3 is 1.93 bits per heavy atom. The molecule has 2 aromatic carbocycles. The number of nitrogens with zero attached hydrogens (tertiary/aromatic N) is 3. The van der Waals surface area contributed by atoms with E-state index >= 15 is 0 Å². The van der Waals surface area contributed by atoms with Crippen LogP contribution in [0, 0.1) is 20.2 Å². The molecule has 28 heavy (non-hydrogen) atoms. The Kier molecular flexibility index (Phi) is 6.45. The lowest BCUT2D eigenvalue weighted by molar-refractivity contribution is -0.394. The third-order valence-corrected chi connectivity index (χ3v) is 4.48. The smallest absolute Gasteiger partial charge is 0.280 e. The highest BCUT2D eigenvalue weighted by molar-refractivity contribution is 5.89. The molecule has 1 amide bonds. The second-order valence-electron chi connectivity index (χ2n) is 7.03. The Bertz CT molecular complexity index is 873. The Labute approximate surface area is 163 Å². The average molecular weight is 385 g/mol. The van der Waals surface area contributed by atoms with Gasteiger partial charge in [-0.2, -0.15) is 0 Å². The van der Waals surface area contributed by atoms with Crippen LogP contribution in [-0.2, 0) is 4.79 Å². The second kappa shape index (κ2) is 8.60. The molecular formula is C20H23N3O5. The van der Waals surface area contributed by atoms with Gasteiger partial charge in [-0.05, 0) is 39.3 Å². The van der Waals surface area contributed by atoms with Crippen LogP contribution < -0.4 is 0 Å². The average Bonchev–Trinajstić information content (AvgIpc) is 2.62. The van der Waals surface area contributed by atoms with Crippen molar-refractivity contribution in [3.63, 3.8) is 0 Å². The molecule has 0 saturated carbocycles. The van der Waals surface area contributed by atoms with Gasteiger partial charge in [0.05, 0.1) is 21.8 Å². The summed E-state index contributed by atoms with van der Waals surface area (Å²) in [4.78, 5) is 36.5. The first-order chi connectivity index (χ1) is 13.1. The highest BCUT2D eigenvalue weighted by atomic mass is 16.6. The van der Waals surface area contributed by atoms with E-state index in [1.54, 1.807) is 35.2 Å². The lowest BCUT2D eigenvalue weighted by Crippen LogP contribution is -2.44. The topological polar surface area (TPSA) is 107 Å². The van der Waals surface area contributed by atoms with Crippen molar-refractivity contribution < 1.29 is 14.6 Å². The van der Waals surface area contributed by atoms with Crippen LogP contribution in [0.4, 0.5) is 11.4 Å². The first-order valence-electron chi connectivity index (χ1n) is 8.95. The Morgan fingerprint density at radius 2 is 1.46 bits per heavy atom. The minimum atomic E-state index is -0.938. The molecule has 0 N–H and O–H groups in total. The maximum Gasteiger partial charge on any atom is 0.280 e. The van der Waals surface area contributed by atoms with E-state index in [4.69, 9.17) is 0 Å². The number of carbonyl (C=O) groups is 1. The lowest BCUT2D eigenvalue weighted by atomic mass is 9.88. The largest absolute Gasteiger partial charge is 0.337 e. The highest BCUT2D eigenvalue weighted by Gasteiger charge is 2.35. The third kappa shape index (κ3) is 4.33. The molecular weight excluding hydrogens is 362 g/mol. The molecule has 0 heterocycles. The maximum atomic E-state index is 13.5. The van der Waals surface area contributed by atoms with Crippen LogP contribution in [0.2, 0.25) is 0 Å². The van der Waals surface area contributed by atoms with Gasteiger partial charge in [-0.3, -0.25) is 25.0 Å². The Morgan fingerprint density at radius 1 is 0.893 bits per heavy atom. The normalized spacial score (nSPS) is 12.1. The molecule has 0 bridgehead atoms. The summed E-state index contributed by atoms with van der Waals surface area (Å²) in [6, 6.07) is 11.9. The summed E-state index contributed by atoms with van der Waals surface area (Å²) in [7, 11) is 0. The standard InChI is InChI=1S/C20H23N3O5/c1-13(2)21(14(3)4)20(24)19(15-8-6-5-7-9-15)17-11-10-16(22(25)26)12-18(17)23(27)28/h5-14,19H,1-4H3. The van der Waals surface area contributed by atoms with E-state index in [-0.39, 0.29) is 29.2 Å². The van der Waals surface area contributed by atoms with Crippen LogP contribution in [0.15, 0.2) is 48.5 Å². The van der Waals surface area contributed by atoms with Gasteiger partial charge in [0, 0.05) is 23.7 Å². The number of hydrogen-bond donors (Lipinski definition) is 0. The minimum absolute atomic E-state index is 0.115. The van der Waals surface area contributed by atoms with Gasteiger partial charge in [0.15, 0.2) is 0 Å². The van der Waals surface area contributed by atoms with E-state index in [2.05, 4.69) is 0 Å². The molecule has 2 aromatic rings. The summed E-state index contributed by atoms with van der Waals surface area (Å²) < 4.78 is 0. The molecule has 0 saturated heterocycles. The van der Waals surface area contributed by atoms with Crippen molar-refractivity contribution in [1.29, 1.82) is 0 Å². The molecule has 0 aliphatic rings. The molecule has 148 valence electrons. The summed E-state index contributed by atoms with van der Waals surface area (Å²) >= 11 is 0. The number of rotatable bonds is 7. The first kappa shape index (κ1) is 21.0. The van der Waals surface area contributed by atoms with Crippen molar-refractivity contribution in [1.82, 2.24) is 4.90 Å². The Balaban J connectivity index is 2.72. The summed E-state index contributed by atoms with van der Waals surface area (Å²) in [5.41, 5.74) is -0.1000. The van der Waals surface area contributed by atoms with Gasteiger partial charge in [0.25, 0.3) is 11.4 Å². The van der Waals surface area contributed by atoms with Crippen LogP contribution in [-0.4, -0.2) is 32.7 Å². The van der Waals surface area contributed by atoms with Gasteiger partial charge in [0.2, 0.25) is 5.91 Å². The summed E-state index contributed by atoms with van der Waals surface area (Å²) in [5, 5.41) is 22.7. The van der Waals surface area contributed by atoms with Gasteiger partial charge in [0.1, 0.15) is 0 Å². The van der Waals surface area contributed by atoms with Crippen LogP contribution in [0.1, 0.15) is 44.7 Å². The molecule has 2 rings (SSSR count). The molecule has 8 heteroatoms. The molecule has 1 unspecified atom stereocenters. The number of non-ortho nitro benzene ring substituents is 1. The fourth-order valence-corrected chi connectivity index (χ4v) is 3.40. The number of amides is 1. The molecule has 0 spiro atoms. The number of nitro benzene ring substituents is 2. The molecule has 1 atom stereocenters. The summed E-state index contributed by atoms with van der Waals surface area (Å²) in [6.07, 6.45) is 0. The third-order valence-electron chi connectivity index (χ3n) is 4.48. The van der Waals surface area contributed by atoms with Crippen molar-refractivity contribution in [2.75, 3.05) is 0 Å². The van der Waals surface area contributed by atoms with Crippen molar-refractivity contribution in [2.24, 2.45) is 0 Å². The van der Waals surface area contributed by atoms with Crippen molar-refractivity contribution >= 4 is 17.3 Å². The summed E-state index contributed by atoms with van der Waals surface area (Å²) in [5.74, 6) is -1.22. The molecule has 8 nitrogen and oxygen atoms in total. The van der Waals surface area contributed by atoms with E-state index in [9.17, 15) is 25.0 Å². The summed E-state index contributed by atoms with van der Waals surface area (Å²) in [6.45, 7) is 7.52. The minimum Gasteiger partial charge on any atom is -0.337 e. The van der Waals surface area contributed by atoms with Crippen LogP contribution in [0.3, 0.4) is 0 Å². The van der Waals surface area contributed by atoms with Crippen molar-refractivity contribution in [2.45, 2.75) is 45.7 Å². The fraction of sp³-hybridized carbons (Fsp3) is 0.350. The lowest BCUT2D eigenvalue weighted by Gasteiger charge is -2.34. The van der Waals surface area contributed by atoms with E-state index in [0.717, 1.165) is 6.07 Å². The van der Waals surface area contributed by atoms with Gasteiger partial charge >= 0.3 is 0 Å². The quantitative estimate of drug-likeness (QED) is 0.522. The van der Waals surface area contributed by atoms with Gasteiger partial charge in [-0.15, -0.1) is 0 Å². The number of nitro groups is 2. The zero-order valence-electron chi connectivity index (χ0n) is 16.2. The zero-order valence-corrected chi connectivity index (χ0v) is 16.2. The van der Waals surface area contributed by atoms with E-state index < -0.39 is 21.5 Å². The van der Waals surface area contributed by atoms with E-state index in [1.807, 2.05) is 27.7 Å². The number of benzene rings is 2. The monoisotopic (exact) mass is 385 g/mol. The molecule has 0 fully saturated rings. The van der Waals surface area contributed by atoms with Gasteiger partial charge in [-0.1, -0.05) is 30.3 Å². The number of hydrogen-bond acceptors (Lipinski definition) is 5. The molecule has 0 aromatic heterocycles. The fourth-order valence-electron chi connectivity index (χ4n) is 3.40. The SMILES string of the molecule is CC(C)N(C(=O)C(c1ccccc1)c1ccc([N+](=O)[O-])cc1[N+](=O)[O-])C(C)C. The van der Waals surface area contributed by atoms with Crippen molar-refractivity contribution in [3.05, 3.63) is 79.9 Å². The molecule has 0 radical (unpaired) electrons. The Hall–Kier alpha value is -3.29. The predicted molar refractivity (Wildman–Crippen MR) is 105 cm³/mol. The van der Waals surface area contributed by atoms with E-state index in [1.165, 1.54) is 12.1 Å². The van der Waals surface area contributed by atoms with Crippen LogP contribution in [0.5, 0.6) is 0 Å². The highest BCUT2D eigenvalue weighted by Crippen LogP contribution is 2.36. The second-order valence-corrected chi connectivity index (χ2v) is 7.03. The van der Waals surface area contributed by atoms with E-state index in [0.29, 0.717) is 5.56 Å². The maximum absolute atomic E-state index is 13.5. The van der Waals surface area contributed by atoms with Gasteiger partial charge in [-0.25, -0.2) is 0 Å². The van der Waals surface area contributed by atoms with Crippen molar-refractivity contribution in [3.8, 4) is 0 Å². The predicted octanol–water partition coefficient (Wildman–Crippen LogP) is 4.28. The van der Waals surface area contributed by atoms with Crippen LogP contribution >= 0.6 is 0 Å². The zero-order chi connectivity index (χ0) is 21.0. The van der Waals surface area contributed by atoms with Gasteiger partial charge < -0.3 is 4.90 Å².